The van der Waals surface area contributed by atoms with E-state index in [0.717, 1.165) is 32.7 Å². The molecule has 3 rings (SSSR count). The van der Waals surface area contributed by atoms with Crippen molar-refractivity contribution in [1.29, 1.82) is 0 Å². The average Bonchev–Trinajstić information content (AvgIpc) is 2.39. The van der Waals surface area contributed by atoms with Crippen LogP contribution in [0, 0.1) is 0 Å². The summed E-state index contributed by atoms with van der Waals surface area (Å²) in [6.45, 7) is 3.86. The lowest BCUT2D eigenvalue weighted by Gasteiger charge is -2.46. The third kappa shape index (κ3) is 3.12. The van der Waals surface area contributed by atoms with E-state index in [0.29, 0.717) is 10.8 Å². The van der Waals surface area contributed by atoms with Crippen LogP contribution < -0.4 is 5.32 Å². The first-order chi connectivity index (χ1) is 9.26. The number of rotatable bonds is 4. The summed E-state index contributed by atoms with van der Waals surface area (Å²) in [5.74, 6) is 0. The second-order valence-corrected chi connectivity index (χ2v) is 7.73. The second kappa shape index (κ2) is 5.92. The minimum Gasteiger partial charge on any atom is -0.381 e. The lowest BCUT2D eigenvalue weighted by Crippen LogP contribution is -2.53. The van der Waals surface area contributed by atoms with E-state index in [1.54, 1.807) is 0 Å². The molecule has 1 spiro atoms. The van der Waals surface area contributed by atoms with Gasteiger partial charge in [0.2, 0.25) is 0 Å². The molecule has 2 aliphatic heterocycles. The van der Waals surface area contributed by atoms with Crippen molar-refractivity contribution in [2.24, 2.45) is 0 Å². The van der Waals surface area contributed by atoms with Gasteiger partial charge >= 0.3 is 0 Å². The molecule has 1 aliphatic carbocycles. The largest absolute Gasteiger partial charge is 0.381 e. The lowest BCUT2D eigenvalue weighted by atomic mass is 9.82. The van der Waals surface area contributed by atoms with E-state index in [1.807, 2.05) is 0 Å². The fourth-order valence-electron chi connectivity index (χ4n) is 3.65. The third-order valence-electron chi connectivity index (χ3n) is 5.31. The molecule has 19 heavy (non-hydrogen) atoms. The van der Waals surface area contributed by atoms with Gasteiger partial charge in [-0.1, -0.05) is 6.42 Å². The maximum absolute atomic E-state index is 6.11. The predicted molar refractivity (Wildman–Crippen MR) is 79.9 cm³/mol. The molecule has 1 saturated carbocycles. The summed E-state index contributed by atoms with van der Waals surface area (Å²) in [4.78, 5) is 0. The molecular weight excluding hydrogens is 258 g/mol. The Morgan fingerprint density at radius 1 is 1.16 bits per heavy atom. The number of ether oxygens (including phenoxy) is 2. The van der Waals surface area contributed by atoms with Gasteiger partial charge in [0.15, 0.2) is 0 Å². The molecule has 1 atom stereocenters. The van der Waals surface area contributed by atoms with E-state index in [2.05, 4.69) is 23.3 Å². The van der Waals surface area contributed by atoms with Crippen molar-refractivity contribution in [3.05, 3.63) is 0 Å². The van der Waals surface area contributed by atoms with Gasteiger partial charge in [-0.15, -0.1) is 0 Å². The third-order valence-corrected chi connectivity index (χ3v) is 6.73. The summed E-state index contributed by atoms with van der Waals surface area (Å²) in [5.41, 5.74) is 0.125. The topological polar surface area (TPSA) is 30.5 Å². The molecule has 0 radical (unpaired) electrons. The summed E-state index contributed by atoms with van der Waals surface area (Å²) in [7, 11) is 0. The Labute approximate surface area is 121 Å². The molecule has 110 valence electrons. The molecule has 0 amide bonds. The van der Waals surface area contributed by atoms with E-state index in [9.17, 15) is 0 Å². The van der Waals surface area contributed by atoms with Gasteiger partial charge in [-0.25, -0.2) is 0 Å². The number of nitrogens with one attached hydrogen (secondary N) is 1. The highest BCUT2D eigenvalue weighted by Gasteiger charge is 2.41. The molecule has 2 saturated heterocycles. The van der Waals surface area contributed by atoms with Crippen molar-refractivity contribution in [2.45, 2.75) is 61.3 Å². The molecule has 3 nitrogen and oxygen atoms in total. The fourth-order valence-corrected chi connectivity index (χ4v) is 4.57. The Kier molecular flexibility index (Phi) is 4.42. The van der Waals surface area contributed by atoms with Crippen molar-refractivity contribution >= 4 is 11.8 Å². The van der Waals surface area contributed by atoms with Crippen molar-refractivity contribution in [3.63, 3.8) is 0 Å². The predicted octanol–water partition coefficient (Wildman–Crippen LogP) is 2.59. The Morgan fingerprint density at radius 3 is 2.58 bits per heavy atom. The summed E-state index contributed by atoms with van der Waals surface area (Å²) < 4.78 is 12.1. The van der Waals surface area contributed by atoms with Crippen LogP contribution in [0.1, 0.15) is 44.9 Å². The van der Waals surface area contributed by atoms with Crippen LogP contribution in [-0.2, 0) is 9.47 Å². The normalized spacial score (nSPS) is 33.0. The zero-order valence-electron chi connectivity index (χ0n) is 12.1. The van der Waals surface area contributed by atoms with Gasteiger partial charge in [-0.3, -0.25) is 0 Å². The molecule has 0 aromatic carbocycles. The number of hydrogen-bond donors (Lipinski definition) is 1. The quantitative estimate of drug-likeness (QED) is 0.860. The maximum Gasteiger partial charge on any atom is 0.0741 e. The van der Waals surface area contributed by atoms with Gasteiger partial charge in [-0.2, -0.15) is 11.8 Å². The zero-order valence-corrected chi connectivity index (χ0v) is 12.9. The highest BCUT2D eigenvalue weighted by molar-refractivity contribution is 8.00. The van der Waals surface area contributed by atoms with Crippen LogP contribution in [0.5, 0.6) is 0 Å². The van der Waals surface area contributed by atoms with Crippen LogP contribution in [0.25, 0.3) is 0 Å². The summed E-state index contributed by atoms with van der Waals surface area (Å²) in [6.07, 6.45) is 11.0. The molecule has 0 aromatic heterocycles. The molecule has 1 N–H and O–H groups in total. The first-order valence-corrected chi connectivity index (χ1v) is 8.99. The van der Waals surface area contributed by atoms with E-state index in [4.69, 9.17) is 9.47 Å². The molecule has 3 fully saturated rings. The Morgan fingerprint density at radius 2 is 1.95 bits per heavy atom. The van der Waals surface area contributed by atoms with E-state index >= 15 is 0 Å². The molecule has 0 bridgehead atoms. The van der Waals surface area contributed by atoms with Crippen LogP contribution in [0.4, 0.5) is 0 Å². The Bertz CT molecular complexity index is 290. The molecule has 1 unspecified atom stereocenters. The first kappa shape index (κ1) is 14.2. The Balaban J connectivity index is 1.50. The maximum atomic E-state index is 6.11. The monoisotopic (exact) mass is 285 g/mol. The van der Waals surface area contributed by atoms with Gasteiger partial charge in [0, 0.05) is 37.2 Å². The number of hydrogen-bond acceptors (Lipinski definition) is 4. The minimum atomic E-state index is 0.125. The van der Waals surface area contributed by atoms with E-state index < -0.39 is 0 Å². The van der Waals surface area contributed by atoms with Crippen molar-refractivity contribution < 1.29 is 9.47 Å². The van der Waals surface area contributed by atoms with Gasteiger partial charge in [0.25, 0.3) is 0 Å². The average molecular weight is 285 g/mol. The fraction of sp³-hybridized carbons (Fsp3) is 1.00. The highest BCUT2D eigenvalue weighted by atomic mass is 32.2. The summed E-state index contributed by atoms with van der Waals surface area (Å²) >= 11 is 2.06. The number of thioether (sulfide) groups is 1. The van der Waals surface area contributed by atoms with Gasteiger partial charge in [-0.05, 0) is 44.8 Å². The SMILES string of the molecule is CSC1(CNC2CCOC3(CCOCC3)C2)CCC1. The molecular formula is C15H27NO2S. The van der Waals surface area contributed by atoms with Crippen molar-refractivity contribution in [1.82, 2.24) is 5.32 Å². The van der Waals surface area contributed by atoms with Crippen LogP contribution in [-0.4, -0.2) is 49.0 Å². The van der Waals surface area contributed by atoms with Gasteiger partial charge in [0.1, 0.15) is 0 Å². The first-order valence-electron chi connectivity index (χ1n) is 7.76. The van der Waals surface area contributed by atoms with Crippen molar-refractivity contribution in [2.75, 3.05) is 32.6 Å². The van der Waals surface area contributed by atoms with Crippen LogP contribution >= 0.6 is 11.8 Å². The van der Waals surface area contributed by atoms with E-state index in [-0.39, 0.29) is 5.60 Å². The molecule has 4 heteroatoms. The summed E-state index contributed by atoms with van der Waals surface area (Å²) in [6, 6.07) is 0.650. The highest BCUT2D eigenvalue weighted by Crippen LogP contribution is 2.42. The van der Waals surface area contributed by atoms with Gasteiger partial charge < -0.3 is 14.8 Å². The lowest BCUT2D eigenvalue weighted by molar-refractivity contribution is -0.140. The van der Waals surface area contributed by atoms with Crippen LogP contribution in [0.15, 0.2) is 0 Å². The van der Waals surface area contributed by atoms with Crippen LogP contribution in [0.2, 0.25) is 0 Å². The molecule has 3 aliphatic rings. The molecule has 2 heterocycles. The van der Waals surface area contributed by atoms with Crippen molar-refractivity contribution in [3.8, 4) is 0 Å². The smallest absolute Gasteiger partial charge is 0.0741 e. The second-order valence-electron chi connectivity index (χ2n) is 6.46. The Hall–Kier alpha value is 0.230. The van der Waals surface area contributed by atoms with Crippen LogP contribution in [0.3, 0.4) is 0 Å². The zero-order chi connectivity index (χ0) is 13.2. The molecule has 0 aromatic rings. The summed E-state index contributed by atoms with van der Waals surface area (Å²) in [5, 5.41) is 3.85. The van der Waals surface area contributed by atoms with E-state index in [1.165, 1.54) is 38.6 Å². The standard InChI is InChI=1S/C15H27NO2S/c1-19-15(4-2-5-15)12-16-13-3-8-18-14(11-13)6-9-17-10-7-14/h13,16H,2-12H2,1H3. The minimum absolute atomic E-state index is 0.125. The van der Waals surface area contributed by atoms with Gasteiger partial charge in [0.05, 0.1) is 5.60 Å².